The zero-order valence-electron chi connectivity index (χ0n) is 15.9. The summed E-state index contributed by atoms with van der Waals surface area (Å²) in [6, 6.07) is 9.03. The van der Waals surface area contributed by atoms with Gasteiger partial charge in [-0.1, -0.05) is 22.9 Å². The van der Waals surface area contributed by atoms with Crippen LogP contribution in [0.25, 0.3) is 0 Å². The molecule has 142 valence electrons. The number of amides is 2. The molecule has 1 aliphatic rings. The zero-order chi connectivity index (χ0) is 19.9. The molecule has 0 fully saturated rings. The molecular formula is C21H23BrN2O3. The number of carbonyl (C=O) groups excluding carboxylic acids is 1. The third-order valence-electron chi connectivity index (χ3n) is 5.23. The summed E-state index contributed by atoms with van der Waals surface area (Å²) >= 11 is 3.47. The third-order valence-corrected chi connectivity index (χ3v) is 6.12. The molecule has 3 rings (SSSR count). The number of aryl methyl sites for hydroxylation is 3. The van der Waals surface area contributed by atoms with Gasteiger partial charge in [0.25, 0.3) is 5.91 Å². The molecule has 1 N–H and O–H groups in total. The van der Waals surface area contributed by atoms with Crippen LogP contribution >= 0.6 is 15.9 Å². The van der Waals surface area contributed by atoms with Crippen LogP contribution in [0.2, 0.25) is 0 Å². The van der Waals surface area contributed by atoms with Gasteiger partial charge < -0.3 is 10.0 Å². The fourth-order valence-corrected chi connectivity index (χ4v) is 3.73. The first-order valence-corrected chi connectivity index (χ1v) is 9.75. The number of anilines is 2. The Hall–Kier alpha value is -2.34. The van der Waals surface area contributed by atoms with Crippen LogP contribution in [0.5, 0.6) is 0 Å². The Kier molecular flexibility index (Phi) is 5.29. The van der Waals surface area contributed by atoms with Gasteiger partial charge in [0.2, 0.25) is 0 Å². The maximum Gasteiger partial charge on any atom is 0.412 e. The number of fused-ring (bicyclic) bond motifs is 1. The molecule has 0 radical (unpaired) electrons. The number of carboxylic acid groups (broad SMARTS) is 1. The SMILES string of the molecule is CCC1CN(C(=O)c2ccc(Br)c(C)c2)c2cc(C)c(C)cc2N1C(=O)O. The first-order chi connectivity index (χ1) is 12.7. The Morgan fingerprint density at radius 1 is 1.07 bits per heavy atom. The molecular weight excluding hydrogens is 408 g/mol. The minimum absolute atomic E-state index is 0.112. The van der Waals surface area contributed by atoms with Crippen molar-refractivity contribution in [3.05, 3.63) is 57.1 Å². The second-order valence-corrected chi connectivity index (χ2v) is 7.87. The molecule has 1 atom stereocenters. The molecule has 0 saturated carbocycles. The highest BCUT2D eigenvalue weighted by molar-refractivity contribution is 9.10. The summed E-state index contributed by atoms with van der Waals surface area (Å²) in [5, 5.41) is 9.77. The lowest BCUT2D eigenvalue weighted by atomic mass is 9.99. The Morgan fingerprint density at radius 2 is 1.70 bits per heavy atom. The van der Waals surface area contributed by atoms with E-state index in [-0.39, 0.29) is 11.9 Å². The Balaban J connectivity index is 2.14. The summed E-state index contributed by atoms with van der Waals surface area (Å²) in [6.07, 6.45) is -0.361. The van der Waals surface area contributed by atoms with Crippen LogP contribution < -0.4 is 9.80 Å². The molecule has 0 spiro atoms. The second-order valence-electron chi connectivity index (χ2n) is 7.02. The van der Waals surface area contributed by atoms with Gasteiger partial charge >= 0.3 is 6.09 Å². The molecule has 1 heterocycles. The summed E-state index contributed by atoms with van der Waals surface area (Å²) in [5.74, 6) is -0.112. The van der Waals surface area contributed by atoms with Crippen molar-refractivity contribution < 1.29 is 14.7 Å². The van der Waals surface area contributed by atoms with Crippen molar-refractivity contribution in [1.29, 1.82) is 0 Å². The van der Waals surface area contributed by atoms with Crippen molar-refractivity contribution in [2.45, 2.75) is 40.2 Å². The highest BCUT2D eigenvalue weighted by Crippen LogP contribution is 2.39. The molecule has 1 aliphatic heterocycles. The van der Waals surface area contributed by atoms with Crippen molar-refractivity contribution in [3.63, 3.8) is 0 Å². The first-order valence-electron chi connectivity index (χ1n) is 8.96. The van der Waals surface area contributed by atoms with Crippen LogP contribution in [0.15, 0.2) is 34.8 Å². The zero-order valence-corrected chi connectivity index (χ0v) is 17.5. The summed E-state index contributed by atoms with van der Waals surface area (Å²) in [7, 11) is 0. The highest BCUT2D eigenvalue weighted by Gasteiger charge is 2.37. The van der Waals surface area contributed by atoms with E-state index in [1.165, 1.54) is 4.90 Å². The van der Waals surface area contributed by atoms with Crippen LogP contribution in [-0.4, -0.2) is 29.7 Å². The van der Waals surface area contributed by atoms with Crippen molar-refractivity contribution in [2.24, 2.45) is 0 Å². The van der Waals surface area contributed by atoms with Gasteiger partial charge in [-0.15, -0.1) is 0 Å². The lowest BCUT2D eigenvalue weighted by Crippen LogP contribution is -2.52. The van der Waals surface area contributed by atoms with E-state index in [0.29, 0.717) is 29.9 Å². The predicted molar refractivity (Wildman–Crippen MR) is 111 cm³/mol. The van der Waals surface area contributed by atoms with Crippen molar-refractivity contribution in [2.75, 3.05) is 16.3 Å². The topological polar surface area (TPSA) is 60.9 Å². The van der Waals surface area contributed by atoms with E-state index >= 15 is 0 Å². The largest absolute Gasteiger partial charge is 0.465 e. The molecule has 0 bridgehead atoms. The minimum Gasteiger partial charge on any atom is -0.465 e. The van der Waals surface area contributed by atoms with E-state index in [1.54, 1.807) is 11.0 Å². The van der Waals surface area contributed by atoms with Crippen molar-refractivity contribution in [1.82, 2.24) is 0 Å². The van der Waals surface area contributed by atoms with E-state index in [0.717, 1.165) is 21.2 Å². The summed E-state index contributed by atoms with van der Waals surface area (Å²) < 4.78 is 0.952. The van der Waals surface area contributed by atoms with Gasteiger partial charge in [0.15, 0.2) is 0 Å². The Bertz CT molecular complexity index is 926. The van der Waals surface area contributed by atoms with E-state index in [2.05, 4.69) is 15.9 Å². The Morgan fingerprint density at radius 3 is 2.26 bits per heavy atom. The second kappa shape index (κ2) is 7.35. The molecule has 5 nitrogen and oxygen atoms in total. The van der Waals surface area contributed by atoms with Gasteiger partial charge in [0.1, 0.15) is 0 Å². The average molecular weight is 431 g/mol. The van der Waals surface area contributed by atoms with Gasteiger partial charge in [0.05, 0.1) is 17.4 Å². The fourth-order valence-electron chi connectivity index (χ4n) is 3.48. The standard InChI is InChI=1S/C21H23BrN2O3/c1-5-16-11-23(20(25)15-6-7-17(22)14(4)8-15)18-9-12(2)13(3)10-19(18)24(16)21(26)27/h6-10,16H,5,11H2,1-4H3,(H,26,27). The molecule has 0 aromatic heterocycles. The molecule has 2 aromatic rings. The third kappa shape index (κ3) is 3.46. The molecule has 6 heteroatoms. The molecule has 2 aromatic carbocycles. The van der Waals surface area contributed by atoms with Gasteiger partial charge in [-0.25, -0.2) is 4.79 Å². The predicted octanol–water partition coefficient (Wildman–Crippen LogP) is 5.30. The smallest absolute Gasteiger partial charge is 0.412 e. The monoisotopic (exact) mass is 430 g/mol. The number of rotatable bonds is 2. The lowest BCUT2D eigenvalue weighted by molar-refractivity contribution is 0.0982. The Labute approximate surface area is 167 Å². The average Bonchev–Trinajstić information content (AvgIpc) is 2.63. The van der Waals surface area contributed by atoms with E-state index in [4.69, 9.17) is 0 Å². The number of hydrogen-bond donors (Lipinski definition) is 1. The lowest BCUT2D eigenvalue weighted by Gasteiger charge is -2.41. The molecule has 1 unspecified atom stereocenters. The van der Waals surface area contributed by atoms with Gasteiger partial charge in [0, 0.05) is 16.6 Å². The van der Waals surface area contributed by atoms with Crippen LogP contribution in [0, 0.1) is 20.8 Å². The molecule has 27 heavy (non-hydrogen) atoms. The summed E-state index contributed by atoms with van der Waals surface area (Å²) in [5.41, 5.74) is 4.83. The highest BCUT2D eigenvalue weighted by atomic mass is 79.9. The van der Waals surface area contributed by atoms with Crippen molar-refractivity contribution >= 4 is 39.3 Å². The molecule has 0 aliphatic carbocycles. The van der Waals surface area contributed by atoms with E-state index in [1.807, 2.05) is 52.0 Å². The maximum atomic E-state index is 13.3. The quantitative estimate of drug-likeness (QED) is 0.702. The normalized spacial score (nSPS) is 16.3. The van der Waals surface area contributed by atoms with E-state index < -0.39 is 6.09 Å². The maximum absolute atomic E-state index is 13.3. The number of nitrogens with zero attached hydrogens (tertiary/aromatic N) is 2. The van der Waals surface area contributed by atoms with Crippen LogP contribution in [-0.2, 0) is 0 Å². The number of halogens is 1. The van der Waals surface area contributed by atoms with Gasteiger partial charge in [-0.2, -0.15) is 0 Å². The molecule has 0 saturated heterocycles. The minimum atomic E-state index is -0.988. The van der Waals surface area contributed by atoms with Crippen LogP contribution in [0.1, 0.15) is 40.4 Å². The number of hydrogen-bond acceptors (Lipinski definition) is 2. The van der Waals surface area contributed by atoms with Crippen LogP contribution in [0.4, 0.5) is 16.2 Å². The number of carbonyl (C=O) groups is 2. The molecule has 2 amide bonds. The van der Waals surface area contributed by atoms with Gasteiger partial charge in [-0.3, -0.25) is 9.69 Å². The summed E-state index contributed by atoms with van der Waals surface area (Å²) in [4.78, 5) is 28.4. The summed E-state index contributed by atoms with van der Waals surface area (Å²) in [6.45, 7) is 8.15. The van der Waals surface area contributed by atoms with E-state index in [9.17, 15) is 14.7 Å². The fraction of sp³-hybridized carbons (Fsp3) is 0.333. The van der Waals surface area contributed by atoms with Crippen molar-refractivity contribution in [3.8, 4) is 0 Å². The van der Waals surface area contributed by atoms with Gasteiger partial charge in [-0.05, 0) is 74.2 Å². The number of benzene rings is 2. The van der Waals surface area contributed by atoms with Crippen LogP contribution in [0.3, 0.4) is 0 Å². The first kappa shape index (κ1) is 19.4.